The van der Waals surface area contributed by atoms with E-state index in [-0.39, 0.29) is 6.04 Å². The van der Waals surface area contributed by atoms with E-state index in [0.717, 1.165) is 17.1 Å². The molecule has 0 aliphatic rings. The summed E-state index contributed by atoms with van der Waals surface area (Å²) >= 11 is 3.43. The Hall–Kier alpha value is -1.30. The minimum atomic E-state index is 0.268. The van der Waals surface area contributed by atoms with Crippen molar-refractivity contribution in [3.8, 4) is 0 Å². The van der Waals surface area contributed by atoms with Crippen molar-refractivity contribution in [2.75, 3.05) is 0 Å². The number of hydrogen-bond donors (Lipinski definition) is 1. The number of benzene rings is 1. The Morgan fingerprint density at radius 3 is 3.00 bits per heavy atom. The average molecular weight is 275 g/mol. The highest BCUT2D eigenvalue weighted by atomic mass is 32.1. The molecule has 2 heterocycles. The first-order valence-corrected chi connectivity index (χ1v) is 7.49. The summed E-state index contributed by atoms with van der Waals surface area (Å²) in [6, 6.07) is 8.53. The van der Waals surface area contributed by atoms with Crippen molar-refractivity contribution in [2.45, 2.75) is 19.5 Å². The maximum atomic E-state index is 4.66. The van der Waals surface area contributed by atoms with Gasteiger partial charge in [0.05, 0.1) is 21.8 Å². The molecule has 1 aromatic carbocycles. The lowest BCUT2D eigenvalue weighted by Gasteiger charge is -2.09. The molecule has 0 spiro atoms. The number of hydrogen-bond acceptors (Lipinski definition) is 5. The number of fused-ring (bicyclic) bond motifs is 1. The van der Waals surface area contributed by atoms with Crippen molar-refractivity contribution < 1.29 is 0 Å². The third kappa shape index (κ3) is 2.43. The molecule has 0 bridgehead atoms. The summed E-state index contributed by atoms with van der Waals surface area (Å²) in [6.45, 7) is 3.00. The Morgan fingerprint density at radius 2 is 2.22 bits per heavy atom. The number of thiazole rings is 2. The van der Waals surface area contributed by atoms with E-state index in [2.05, 4.69) is 40.4 Å². The van der Waals surface area contributed by atoms with E-state index in [1.807, 2.05) is 17.8 Å². The second-order valence-electron chi connectivity index (χ2n) is 4.09. The van der Waals surface area contributed by atoms with Crippen LogP contribution in [0, 0.1) is 0 Å². The van der Waals surface area contributed by atoms with E-state index in [1.54, 1.807) is 22.7 Å². The lowest BCUT2D eigenvalue weighted by atomic mass is 10.3. The van der Waals surface area contributed by atoms with Crippen LogP contribution in [0.4, 0.5) is 0 Å². The molecule has 5 heteroatoms. The van der Waals surface area contributed by atoms with E-state index < -0.39 is 0 Å². The van der Waals surface area contributed by atoms with Gasteiger partial charge in [0.15, 0.2) is 0 Å². The highest BCUT2D eigenvalue weighted by Gasteiger charge is 2.10. The molecule has 0 aliphatic heterocycles. The molecule has 2 aromatic heterocycles. The Labute approximate surface area is 114 Å². The van der Waals surface area contributed by atoms with Gasteiger partial charge in [-0.05, 0) is 19.1 Å². The summed E-state index contributed by atoms with van der Waals surface area (Å²) in [4.78, 5) is 9.98. The quantitative estimate of drug-likeness (QED) is 0.790. The summed E-state index contributed by atoms with van der Waals surface area (Å²) in [5.74, 6) is 0. The van der Waals surface area contributed by atoms with Gasteiger partial charge in [0, 0.05) is 17.6 Å². The Kier molecular flexibility index (Phi) is 3.36. The topological polar surface area (TPSA) is 37.8 Å². The molecule has 0 saturated carbocycles. The zero-order valence-electron chi connectivity index (χ0n) is 9.96. The van der Waals surface area contributed by atoms with Gasteiger partial charge in [-0.15, -0.1) is 22.7 Å². The number of rotatable bonds is 4. The Morgan fingerprint density at radius 1 is 1.33 bits per heavy atom. The van der Waals surface area contributed by atoms with Gasteiger partial charge >= 0.3 is 0 Å². The van der Waals surface area contributed by atoms with Crippen LogP contribution in [0.15, 0.2) is 36.0 Å². The lowest BCUT2D eigenvalue weighted by molar-refractivity contribution is 0.576. The lowest BCUT2D eigenvalue weighted by Crippen LogP contribution is -2.17. The normalized spacial score (nSPS) is 12.9. The van der Waals surface area contributed by atoms with Crippen molar-refractivity contribution >= 4 is 32.9 Å². The van der Waals surface area contributed by atoms with Crippen LogP contribution in [0.2, 0.25) is 0 Å². The fourth-order valence-electron chi connectivity index (χ4n) is 1.75. The third-order valence-corrected chi connectivity index (χ3v) is 4.75. The van der Waals surface area contributed by atoms with E-state index in [1.165, 1.54) is 9.58 Å². The SMILES string of the molecule is CC(NCc1cncs1)c1nc2ccccc2s1. The van der Waals surface area contributed by atoms with Crippen LogP contribution in [0.25, 0.3) is 10.2 Å². The molecular weight excluding hydrogens is 262 g/mol. The number of nitrogens with zero attached hydrogens (tertiary/aromatic N) is 2. The maximum Gasteiger partial charge on any atom is 0.111 e. The molecule has 3 rings (SSSR count). The van der Waals surface area contributed by atoms with Crippen LogP contribution < -0.4 is 5.32 Å². The van der Waals surface area contributed by atoms with E-state index >= 15 is 0 Å². The molecule has 18 heavy (non-hydrogen) atoms. The molecular formula is C13H13N3S2. The minimum Gasteiger partial charge on any atom is -0.303 e. The average Bonchev–Trinajstić information content (AvgIpc) is 3.04. The fraction of sp³-hybridized carbons (Fsp3) is 0.231. The van der Waals surface area contributed by atoms with Crippen LogP contribution in [0.1, 0.15) is 22.9 Å². The molecule has 1 atom stereocenters. The van der Waals surface area contributed by atoms with Crippen LogP contribution in [0.5, 0.6) is 0 Å². The molecule has 0 radical (unpaired) electrons. The van der Waals surface area contributed by atoms with Crippen LogP contribution in [-0.2, 0) is 6.54 Å². The third-order valence-electron chi connectivity index (χ3n) is 2.75. The number of nitrogens with one attached hydrogen (secondary N) is 1. The predicted octanol–water partition coefficient (Wildman–Crippen LogP) is 3.60. The predicted molar refractivity (Wildman–Crippen MR) is 77.0 cm³/mol. The molecule has 0 aliphatic carbocycles. The minimum absolute atomic E-state index is 0.268. The largest absolute Gasteiger partial charge is 0.303 e. The van der Waals surface area contributed by atoms with Gasteiger partial charge < -0.3 is 5.32 Å². The monoisotopic (exact) mass is 275 g/mol. The summed E-state index contributed by atoms with van der Waals surface area (Å²) in [5, 5.41) is 4.62. The zero-order chi connectivity index (χ0) is 12.4. The molecule has 92 valence electrons. The Balaban J connectivity index is 1.73. The van der Waals surface area contributed by atoms with Crippen molar-refractivity contribution in [3.05, 3.63) is 45.9 Å². The maximum absolute atomic E-state index is 4.66. The van der Waals surface area contributed by atoms with Crippen molar-refractivity contribution in [1.29, 1.82) is 0 Å². The smallest absolute Gasteiger partial charge is 0.111 e. The van der Waals surface area contributed by atoms with Gasteiger partial charge in [-0.1, -0.05) is 12.1 Å². The second-order valence-corrected chi connectivity index (χ2v) is 6.12. The van der Waals surface area contributed by atoms with E-state index in [9.17, 15) is 0 Å². The summed E-state index contributed by atoms with van der Waals surface area (Å²) in [6.07, 6.45) is 1.91. The van der Waals surface area contributed by atoms with Crippen LogP contribution in [-0.4, -0.2) is 9.97 Å². The van der Waals surface area contributed by atoms with Gasteiger partial charge in [-0.2, -0.15) is 0 Å². The standard InChI is InChI=1S/C13H13N3S2/c1-9(15-7-10-6-14-8-17-10)13-16-11-4-2-3-5-12(11)18-13/h2-6,8-9,15H,7H2,1H3. The number of aromatic nitrogens is 2. The summed E-state index contributed by atoms with van der Waals surface area (Å²) in [5.41, 5.74) is 2.95. The zero-order valence-corrected chi connectivity index (χ0v) is 11.6. The van der Waals surface area contributed by atoms with Crippen molar-refractivity contribution in [2.24, 2.45) is 0 Å². The molecule has 0 saturated heterocycles. The second kappa shape index (κ2) is 5.14. The number of para-hydroxylation sites is 1. The summed E-state index contributed by atoms with van der Waals surface area (Å²) < 4.78 is 1.25. The molecule has 1 unspecified atom stereocenters. The fourth-order valence-corrected chi connectivity index (χ4v) is 3.29. The molecule has 0 fully saturated rings. The first-order chi connectivity index (χ1) is 8.83. The van der Waals surface area contributed by atoms with E-state index in [0.29, 0.717) is 0 Å². The molecule has 0 amide bonds. The molecule has 3 aromatic rings. The van der Waals surface area contributed by atoms with Gasteiger partial charge in [0.2, 0.25) is 0 Å². The van der Waals surface area contributed by atoms with Gasteiger partial charge in [0.1, 0.15) is 5.01 Å². The van der Waals surface area contributed by atoms with Gasteiger partial charge in [0.25, 0.3) is 0 Å². The van der Waals surface area contributed by atoms with Crippen LogP contribution in [0.3, 0.4) is 0 Å². The van der Waals surface area contributed by atoms with E-state index in [4.69, 9.17) is 0 Å². The van der Waals surface area contributed by atoms with Crippen molar-refractivity contribution in [3.63, 3.8) is 0 Å². The molecule has 1 N–H and O–H groups in total. The molecule has 3 nitrogen and oxygen atoms in total. The highest BCUT2D eigenvalue weighted by molar-refractivity contribution is 7.18. The van der Waals surface area contributed by atoms with Gasteiger partial charge in [-0.3, -0.25) is 4.98 Å². The Bertz CT molecular complexity index is 598. The first-order valence-electron chi connectivity index (χ1n) is 5.79. The van der Waals surface area contributed by atoms with Crippen molar-refractivity contribution in [1.82, 2.24) is 15.3 Å². The highest BCUT2D eigenvalue weighted by Crippen LogP contribution is 2.26. The summed E-state index contributed by atoms with van der Waals surface area (Å²) in [7, 11) is 0. The first kappa shape index (κ1) is 11.8. The van der Waals surface area contributed by atoms with Gasteiger partial charge in [-0.25, -0.2) is 4.98 Å². The van der Waals surface area contributed by atoms with Crippen LogP contribution >= 0.6 is 22.7 Å².